The van der Waals surface area contributed by atoms with E-state index in [0.717, 1.165) is 40.8 Å². The van der Waals surface area contributed by atoms with Crippen molar-refractivity contribution in [2.75, 3.05) is 19.8 Å². The number of halogens is 3. The number of hydrogen-bond donors (Lipinski definition) is 0. The van der Waals surface area contributed by atoms with Gasteiger partial charge in [-0.05, 0) is 24.5 Å². The molecule has 1 aliphatic heterocycles. The highest BCUT2D eigenvalue weighted by atomic mass is 19.3. The molecule has 0 amide bonds. The normalized spacial score (nSPS) is 19.0. The fourth-order valence-electron chi connectivity index (χ4n) is 4.83. The van der Waals surface area contributed by atoms with Gasteiger partial charge in [0.1, 0.15) is 18.3 Å². The molecule has 6 nitrogen and oxygen atoms in total. The molecule has 1 saturated carbocycles. The summed E-state index contributed by atoms with van der Waals surface area (Å²) in [7, 11) is 0. The van der Waals surface area contributed by atoms with Crippen LogP contribution in [0.2, 0.25) is 0 Å². The Hall–Kier alpha value is -2.81. The summed E-state index contributed by atoms with van der Waals surface area (Å²) in [5.74, 6) is -2.66. The number of aromatic nitrogens is 4. The first-order valence-electron chi connectivity index (χ1n) is 11.4. The highest BCUT2D eigenvalue weighted by molar-refractivity contribution is 5.86. The van der Waals surface area contributed by atoms with Gasteiger partial charge in [-0.2, -0.15) is 5.10 Å². The molecule has 0 N–H and O–H groups in total. The number of ketones is 1. The number of benzene rings is 1. The highest BCUT2D eigenvalue weighted by Crippen LogP contribution is 2.37. The van der Waals surface area contributed by atoms with E-state index in [2.05, 4.69) is 20.0 Å². The molecule has 174 valence electrons. The molecule has 0 spiro atoms. The van der Waals surface area contributed by atoms with Gasteiger partial charge in [-0.15, -0.1) is 0 Å². The first kappa shape index (κ1) is 22.0. The predicted molar refractivity (Wildman–Crippen MR) is 118 cm³/mol. The van der Waals surface area contributed by atoms with E-state index >= 15 is 0 Å². The number of carbonyl (C=O) groups excluding carboxylic acids is 1. The largest absolute Gasteiger partial charge is 0.299 e. The Labute approximate surface area is 189 Å². The lowest BCUT2D eigenvalue weighted by Gasteiger charge is -2.27. The molecule has 2 aliphatic rings. The quantitative estimate of drug-likeness (QED) is 0.555. The van der Waals surface area contributed by atoms with Crippen LogP contribution in [0.15, 0.2) is 30.6 Å². The summed E-state index contributed by atoms with van der Waals surface area (Å²) in [4.78, 5) is 23.6. The summed E-state index contributed by atoms with van der Waals surface area (Å²) in [5.41, 5.74) is 3.71. The van der Waals surface area contributed by atoms with Crippen LogP contribution in [0.5, 0.6) is 0 Å². The average Bonchev–Trinajstić information content (AvgIpc) is 3.22. The van der Waals surface area contributed by atoms with Gasteiger partial charge >= 0.3 is 0 Å². The summed E-state index contributed by atoms with van der Waals surface area (Å²) >= 11 is 0. The first-order valence-corrected chi connectivity index (χ1v) is 11.4. The molecule has 1 aromatic carbocycles. The lowest BCUT2D eigenvalue weighted by atomic mass is 9.83. The Morgan fingerprint density at radius 3 is 2.76 bits per heavy atom. The second kappa shape index (κ2) is 8.85. The van der Waals surface area contributed by atoms with Gasteiger partial charge in [0.2, 0.25) is 5.92 Å². The van der Waals surface area contributed by atoms with E-state index in [0.29, 0.717) is 18.9 Å². The van der Waals surface area contributed by atoms with Crippen molar-refractivity contribution in [3.63, 3.8) is 0 Å². The topological polar surface area (TPSA) is 63.9 Å². The minimum Gasteiger partial charge on any atom is -0.299 e. The van der Waals surface area contributed by atoms with Gasteiger partial charge in [-0.25, -0.2) is 23.1 Å². The van der Waals surface area contributed by atoms with Crippen molar-refractivity contribution in [3.8, 4) is 11.1 Å². The molecule has 5 rings (SSSR count). The second-order valence-electron chi connectivity index (χ2n) is 9.03. The van der Waals surface area contributed by atoms with Gasteiger partial charge < -0.3 is 0 Å². The van der Waals surface area contributed by atoms with E-state index in [9.17, 15) is 18.0 Å². The van der Waals surface area contributed by atoms with Crippen molar-refractivity contribution in [1.29, 1.82) is 0 Å². The summed E-state index contributed by atoms with van der Waals surface area (Å²) in [6, 6.07) is 5.88. The third kappa shape index (κ3) is 4.64. The second-order valence-corrected chi connectivity index (χ2v) is 9.03. The van der Waals surface area contributed by atoms with Crippen molar-refractivity contribution in [3.05, 3.63) is 42.1 Å². The number of rotatable bonds is 6. The van der Waals surface area contributed by atoms with Crippen molar-refractivity contribution in [2.24, 2.45) is 5.92 Å². The number of carbonyl (C=O) groups is 1. The molecule has 0 saturated heterocycles. The van der Waals surface area contributed by atoms with Gasteiger partial charge in [0.05, 0.1) is 30.4 Å². The van der Waals surface area contributed by atoms with Crippen LogP contribution >= 0.6 is 0 Å². The minimum absolute atomic E-state index is 0.0534. The Bertz CT molecular complexity index is 1170. The Balaban J connectivity index is 1.36. The molecular weight excluding hydrogens is 431 g/mol. The molecule has 9 heteroatoms. The Morgan fingerprint density at radius 2 is 1.97 bits per heavy atom. The van der Waals surface area contributed by atoms with Gasteiger partial charge in [-0.3, -0.25) is 14.4 Å². The van der Waals surface area contributed by atoms with E-state index in [1.165, 1.54) is 0 Å². The molecule has 33 heavy (non-hydrogen) atoms. The molecule has 0 unspecified atom stereocenters. The maximum absolute atomic E-state index is 13.4. The molecule has 0 atom stereocenters. The van der Waals surface area contributed by atoms with E-state index in [1.54, 1.807) is 6.20 Å². The van der Waals surface area contributed by atoms with Crippen LogP contribution in [0.4, 0.5) is 13.2 Å². The smallest absolute Gasteiger partial charge is 0.248 e. The lowest BCUT2D eigenvalue weighted by molar-refractivity contribution is -0.126. The first-order chi connectivity index (χ1) is 15.9. The van der Waals surface area contributed by atoms with Crippen LogP contribution < -0.4 is 0 Å². The van der Waals surface area contributed by atoms with Crippen LogP contribution in [-0.4, -0.2) is 56.1 Å². The fraction of sp³-hybridized carbons (Fsp3) is 0.500. The summed E-state index contributed by atoms with van der Waals surface area (Å²) < 4.78 is 41.6. The number of Topliss-reactive ketones (excluding diaryl/α,β-unsaturated/α-hetero) is 1. The minimum atomic E-state index is -2.65. The third-order valence-corrected chi connectivity index (χ3v) is 6.80. The van der Waals surface area contributed by atoms with Gasteiger partial charge in [0, 0.05) is 55.5 Å². The fourth-order valence-corrected chi connectivity index (χ4v) is 4.83. The third-order valence-electron chi connectivity index (χ3n) is 6.80. The maximum atomic E-state index is 13.4. The number of nitrogens with zero attached hydrogens (tertiary/aromatic N) is 5. The molecule has 1 aliphatic carbocycles. The Kier molecular flexibility index (Phi) is 5.90. The van der Waals surface area contributed by atoms with E-state index in [-0.39, 0.29) is 50.5 Å². The number of alkyl halides is 3. The van der Waals surface area contributed by atoms with Crippen LogP contribution in [0.3, 0.4) is 0 Å². The summed E-state index contributed by atoms with van der Waals surface area (Å²) in [6.07, 6.45) is 3.55. The summed E-state index contributed by atoms with van der Waals surface area (Å²) in [6.45, 7) is 2.18. The SMILES string of the molecule is O=C(Cc1ncc2ccc(-c3cnn4c3CN(CCF)CC4)cc2n1)C1CCC(F)(F)CC1. The Morgan fingerprint density at radius 1 is 1.15 bits per heavy atom. The molecule has 0 radical (unpaired) electrons. The van der Waals surface area contributed by atoms with Gasteiger partial charge in [-0.1, -0.05) is 12.1 Å². The van der Waals surface area contributed by atoms with Gasteiger partial charge in [0.25, 0.3) is 0 Å². The lowest BCUT2D eigenvalue weighted by Crippen LogP contribution is -2.35. The molecule has 3 aromatic rings. The molecule has 3 heterocycles. The van der Waals surface area contributed by atoms with E-state index in [1.807, 2.05) is 29.1 Å². The predicted octanol–water partition coefficient (Wildman–Crippen LogP) is 4.22. The van der Waals surface area contributed by atoms with Crippen molar-refractivity contribution in [1.82, 2.24) is 24.6 Å². The zero-order chi connectivity index (χ0) is 23.0. The van der Waals surface area contributed by atoms with Crippen molar-refractivity contribution in [2.45, 2.75) is 51.1 Å². The molecular formula is C24H26F3N5O. The van der Waals surface area contributed by atoms with Crippen molar-refractivity contribution >= 4 is 16.7 Å². The van der Waals surface area contributed by atoms with Gasteiger partial charge in [0.15, 0.2) is 0 Å². The maximum Gasteiger partial charge on any atom is 0.248 e. The van der Waals surface area contributed by atoms with Crippen LogP contribution in [0.1, 0.15) is 37.2 Å². The highest BCUT2D eigenvalue weighted by Gasteiger charge is 2.37. The zero-order valence-corrected chi connectivity index (χ0v) is 18.3. The number of hydrogen-bond acceptors (Lipinski definition) is 5. The zero-order valence-electron chi connectivity index (χ0n) is 18.3. The van der Waals surface area contributed by atoms with E-state index in [4.69, 9.17) is 0 Å². The molecule has 2 aromatic heterocycles. The number of fused-ring (bicyclic) bond motifs is 2. The van der Waals surface area contributed by atoms with Crippen LogP contribution in [0, 0.1) is 5.92 Å². The van der Waals surface area contributed by atoms with E-state index < -0.39 is 5.92 Å². The van der Waals surface area contributed by atoms with Crippen LogP contribution in [-0.2, 0) is 24.3 Å². The summed E-state index contributed by atoms with van der Waals surface area (Å²) in [5, 5.41) is 5.35. The van der Waals surface area contributed by atoms with Crippen LogP contribution in [0.25, 0.3) is 22.0 Å². The van der Waals surface area contributed by atoms with Crippen molar-refractivity contribution < 1.29 is 18.0 Å². The standard InChI is InChI=1S/C24H26F3N5O/c25-7-8-31-9-10-32-21(15-31)19(14-29-32)17-1-2-18-13-28-23(30-20(18)11-17)12-22(33)16-3-5-24(26,27)6-4-16/h1-2,11,13-14,16H,3-10,12,15H2. The molecule has 0 bridgehead atoms. The monoisotopic (exact) mass is 457 g/mol. The molecule has 1 fully saturated rings. The average molecular weight is 458 g/mol.